The third kappa shape index (κ3) is 2.11. The summed E-state index contributed by atoms with van der Waals surface area (Å²) in [5.41, 5.74) is 5.38. The summed E-state index contributed by atoms with van der Waals surface area (Å²) in [6, 6.07) is 0. The van der Waals surface area contributed by atoms with Crippen molar-refractivity contribution in [2.75, 3.05) is 32.7 Å². The van der Waals surface area contributed by atoms with Crippen molar-refractivity contribution in [1.29, 1.82) is 0 Å². The Balaban J connectivity index is 2.28. The van der Waals surface area contributed by atoms with Crippen LogP contribution in [0.3, 0.4) is 0 Å². The fourth-order valence-electron chi connectivity index (χ4n) is 0.979. The van der Waals surface area contributed by atoms with Gasteiger partial charge in [0.05, 0.1) is 19.6 Å². The van der Waals surface area contributed by atoms with Crippen molar-refractivity contribution < 1.29 is 4.58 Å². The van der Waals surface area contributed by atoms with Crippen molar-refractivity contribution in [2.45, 2.75) is 0 Å². The molecule has 0 aromatic carbocycles. The summed E-state index contributed by atoms with van der Waals surface area (Å²) in [5.74, 6) is 0. The zero-order valence-electron chi connectivity index (χ0n) is 5.64. The molecule has 3 N–H and O–H groups in total. The molecule has 3 heteroatoms. The van der Waals surface area contributed by atoms with E-state index >= 15 is 0 Å². The minimum absolute atomic E-state index is 0.760. The van der Waals surface area contributed by atoms with Crippen LogP contribution < -0.4 is 11.1 Å². The van der Waals surface area contributed by atoms with Crippen LogP contribution in [-0.4, -0.2) is 43.5 Å². The molecule has 9 heavy (non-hydrogen) atoms. The first-order valence-corrected chi connectivity index (χ1v) is 3.41. The highest BCUT2D eigenvalue weighted by atomic mass is 15.1. The van der Waals surface area contributed by atoms with Crippen LogP contribution in [0.15, 0.2) is 0 Å². The molecule has 0 fully saturated rings. The summed E-state index contributed by atoms with van der Waals surface area (Å²) in [4.78, 5) is 0. The maximum atomic E-state index is 5.38. The highest BCUT2D eigenvalue weighted by molar-refractivity contribution is 5.54. The first-order chi connectivity index (χ1) is 4.43. The number of hydrogen-bond acceptors (Lipinski definition) is 2. The lowest BCUT2D eigenvalue weighted by Gasteiger charge is -2.07. The smallest absolute Gasteiger partial charge is 0.155 e. The highest BCUT2D eigenvalue weighted by Gasteiger charge is 2.05. The lowest BCUT2D eigenvalue weighted by molar-refractivity contribution is -0.522. The quantitative estimate of drug-likeness (QED) is 0.451. The lowest BCUT2D eigenvalue weighted by Crippen LogP contribution is -2.37. The number of nitrogens with two attached hydrogens (primary N) is 1. The summed E-state index contributed by atoms with van der Waals surface area (Å²) >= 11 is 0. The van der Waals surface area contributed by atoms with Gasteiger partial charge >= 0.3 is 0 Å². The summed E-state index contributed by atoms with van der Waals surface area (Å²) in [5, 5.41) is 3.24. The van der Waals surface area contributed by atoms with Crippen molar-refractivity contribution in [2.24, 2.45) is 5.73 Å². The van der Waals surface area contributed by atoms with Crippen LogP contribution >= 0.6 is 0 Å². The molecule has 0 unspecified atom stereocenters. The molecule has 0 spiro atoms. The molecule has 52 valence electrons. The van der Waals surface area contributed by atoms with E-state index in [0.717, 1.165) is 32.7 Å². The largest absolute Gasteiger partial charge is 0.325 e. The van der Waals surface area contributed by atoms with Crippen LogP contribution in [0.4, 0.5) is 0 Å². The van der Waals surface area contributed by atoms with Gasteiger partial charge in [0.25, 0.3) is 0 Å². The lowest BCUT2D eigenvalue weighted by atomic mass is 10.4. The Kier molecular flexibility index (Phi) is 2.67. The molecular formula is C6H14N3+. The zero-order chi connectivity index (χ0) is 6.53. The Morgan fingerprint density at radius 1 is 1.67 bits per heavy atom. The first kappa shape index (κ1) is 6.71. The average molecular weight is 128 g/mol. The van der Waals surface area contributed by atoms with Gasteiger partial charge in [0, 0.05) is 0 Å². The number of nitrogens with zero attached hydrogens (tertiary/aromatic N) is 1. The van der Waals surface area contributed by atoms with Crippen LogP contribution in [0.25, 0.3) is 0 Å². The first-order valence-electron chi connectivity index (χ1n) is 3.41. The van der Waals surface area contributed by atoms with Gasteiger partial charge < -0.3 is 11.1 Å². The normalized spacial score (nSPS) is 19.4. The van der Waals surface area contributed by atoms with Crippen molar-refractivity contribution in [3.63, 3.8) is 0 Å². The Hall–Kier alpha value is -0.410. The van der Waals surface area contributed by atoms with Gasteiger partial charge in [-0.15, -0.1) is 0 Å². The van der Waals surface area contributed by atoms with Crippen molar-refractivity contribution in [3.05, 3.63) is 0 Å². The van der Waals surface area contributed by atoms with Gasteiger partial charge in [-0.05, 0) is 0 Å². The molecule has 1 aliphatic rings. The van der Waals surface area contributed by atoms with E-state index < -0.39 is 0 Å². The highest BCUT2D eigenvalue weighted by Crippen LogP contribution is 1.76. The second-order valence-electron chi connectivity index (χ2n) is 2.21. The molecule has 0 aromatic heterocycles. The fraction of sp³-hybridized carbons (Fsp3) is 0.833. The fourth-order valence-corrected chi connectivity index (χ4v) is 0.979. The number of hydrogen-bond donors (Lipinski definition) is 2. The maximum absolute atomic E-state index is 5.38. The van der Waals surface area contributed by atoms with E-state index in [4.69, 9.17) is 5.73 Å². The third-order valence-corrected chi connectivity index (χ3v) is 1.49. The Morgan fingerprint density at radius 2 is 2.56 bits per heavy atom. The molecule has 0 bridgehead atoms. The van der Waals surface area contributed by atoms with Gasteiger partial charge in [0.1, 0.15) is 0 Å². The standard InChI is InChI=1S/C6H14N3/c7-1-4-9-5-2-8-3-6-9/h5,8H,1-4,6-7H2/q+1. The second-order valence-corrected chi connectivity index (χ2v) is 2.21. The van der Waals surface area contributed by atoms with Crippen LogP contribution in [0.1, 0.15) is 0 Å². The summed E-state index contributed by atoms with van der Waals surface area (Å²) < 4.78 is 2.26. The van der Waals surface area contributed by atoms with Crippen LogP contribution in [0, 0.1) is 0 Å². The van der Waals surface area contributed by atoms with Gasteiger partial charge in [-0.2, -0.15) is 0 Å². The predicted molar refractivity (Wildman–Crippen MR) is 38.0 cm³/mol. The van der Waals surface area contributed by atoms with Crippen molar-refractivity contribution >= 4 is 6.21 Å². The van der Waals surface area contributed by atoms with Gasteiger partial charge in [-0.3, -0.25) is 0 Å². The Morgan fingerprint density at radius 3 is 3.11 bits per heavy atom. The molecule has 1 rings (SSSR count). The topological polar surface area (TPSA) is 41.1 Å². The molecule has 0 amide bonds. The molecule has 0 aliphatic carbocycles. The van der Waals surface area contributed by atoms with E-state index in [2.05, 4.69) is 16.1 Å². The van der Waals surface area contributed by atoms with Crippen molar-refractivity contribution in [1.82, 2.24) is 5.32 Å². The third-order valence-electron chi connectivity index (χ3n) is 1.49. The SMILES string of the molecule is NCC[N+]1=CCNCC1. The maximum Gasteiger partial charge on any atom is 0.155 e. The van der Waals surface area contributed by atoms with Gasteiger partial charge in [-0.25, -0.2) is 4.58 Å². The zero-order valence-corrected chi connectivity index (χ0v) is 5.64. The summed E-state index contributed by atoms with van der Waals surface area (Å²) in [6.45, 7) is 4.96. The molecule has 0 saturated heterocycles. The molecule has 0 aromatic rings. The second kappa shape index (κ2) is 3.58. The predicted octanol–water partition coefficient (Wildman–Crippen LogP) is -1.37. The molecule has 0 saturated carbocycles. The average Bonchev–Trinajstić information content (AvgIpc) is 1.91. The van der Waals surface area contributed by atoms with Crippen molar-refractivity contribution in [3.8, 4) is 0 Å². The summed E-state index contributed by atoms with van der Waals surface area (Å²) in [7, 11) is 0. The van der Waals surface area contributed by atoms with Gasteiger partial charge in [-0.1, -0.05) is 0 Å². The Bertz CT molecular complexity index is 109. The van der Waals surface area contributed by atoms with E-state index in [9.17, 15) is 0 Å². The van der Waals surface area contributed by atoms with Crippen LogP contribution in [-0.2, 0) is 0 Å². The van der Waals surface area contributed by atoms with E-state index in [1.54, 1.807) is 0 Å². The van der Waals surface area contributed by atoms with Gasteiger partial charge in [0.15, 0.2) is 19.3 Å². The molecule has 0 atom stereocenters. The minimum atomic E-state index is 0.760. The van der Waals surface area contributed by atoms with E-state index in [0.29, 0.717) is 0 Å². The monoisotopic (exact) mass is 128 g/mol. The van der Waals surface area contributed by atoms with E-state index in [1.807, 2.05) is 0 Å². The van der Waals surface area contributed by atoms with E-state index in [-0.39, 0.29) is 0 Å². The van der Waals surface area contributed by atoms with Gasteiger partial charge in [0.2, 0.25) is 0 Å². The molecular weight excluding hydrogens is 114 g/mol. The Labute approximate surface area is 55.6 Å². The number of nitrogens with one attached hydrogen (secondary N) is 1. The molecule has 3 nitrogen and oxygen atoms in total. The van der Waals surface area contributed by atoms with Crippen LogP contribution in [0.5, 0.6) is 0 Å². The molecule has 1 aliphatic heterocycles. The molecule has 0 radical (unpaired) electrons. The van der Waals surface area contributed by atoms with Crippen LogP contribution in [0.2, 0.25) is 0 Å². The number of rotatable bonds is 2. The summed E-state index contributed by atoms with van der Waals surface area (Å²) in [6.07, 6.45) is 2.16. The van der Waals surface area contributed by atoms with E-state index in [1.165, 1.54) is 0 Å². The molecule has 1 heterocycles. The minimum Gasteiger partial charge on any atom is -0.325 e.